The van der Waals surface area contributed by atoms with E-state index in [1.54, 1.807) is 0 Å². The SMILES string of the molecule is CN(C(CN)C1CC1)S(=O)(=O)c1ccc([N+](=O)[O-])c(F)c1. The third-order valence-electron chi connectivity index (χ3n) is 3.67. The van der Waals surface area contributed by atoms with Gasteiger partial charge in [-0.05, 0) is 24.8 Å². The monoisotopic (exact) mass is 317 g/mol. The second kappa shape index (κ2) is 5.66. The van der Waals surface area contributed by atoms with Crippen molar-refractivity contribution in [3.05, 3.63) is 34.1 Å². The molecule has 1 atom stereocenters. The first-order valence-electron chi connectivity index (χ1n) is 6.41. The van der Waals surface area contributed by atoms with Crippen molar-refractivity contribution in [2.45, 2.75) is 23.8 Å². The smallest absolute Gasteiger partial charge is 0.304 e. The third kappa shape index (κ3) is 3.04. The molecule has 2 N–H and O–H groups in total. The summed E-state index contributed by atoms with van der Waals surface area (Å²) >= 11 is 0. The summed E-state index contributed by atoms with van der Waals surface area (Å²) in [5.41, 5.74) is 4.86. The zero-order valence-corrected chi connectivity index (χ0v) is 12.2. The lowest BCUT2D eigenvalue weighted by molar-refractivity contribution is -0.387. The Labute approximate surface area is 121 Å². The topological polar surface area (TPSA) is 107 Å². The van der Waals surface area contributed by atoms with E-state index in [4.69, 9.17) is 5.73 Å². The highest BCUT2D eigenvalue weighted by Gasteiger charge is 2.38. The van der Waals surface area contributed by atoms with Crippen molar-refractivity contribution in [2.75, 3.05) is 13.6 Å². The fourth-order valence-corrected chi connectivity index (χ4v) is 3.70. The van der Waals surface area contributed by atoms with Crippen molar-refractivity contribution in [3.63, 3.8) is 0 Å². The van der Waals surface area contributed by atoms with Crippen molar-refractivity contribution in [3.8, 4) is 0 Å². The molecule has 1 saturated carbocycles. The van der Waals surface area contributed by atoms with Gasteiger partial charge < -0.3 is 5.73 Å². The Morgan fingerprint density at radius 2 is 2.14 bits per heavy atom. The minimum Gasteiger partial charge on any atom is -0.329 e. The van der Waals surface area contributed by atoms with Crippen LogP contribution in [-0.4, -0.2) is 37.3 Å². The fourth-order valence-electron chi connectivity index (χ4n) is 2.26. The van der Waals surface area contributed by atoms with Crippen LogP contribution in [-0.2, 0) is 10.0 Å². The summed E-state index contributed by atoms with van der Waals surface area (Å²) in [7, 11) is -2.54. The maximum atomic E-state index is 13.6. The molecule has 1 aromatic carbocycles. The van der Waals surface area contributed by atoms with Crippen LogP contribution in [0.5, 0.6) is 0 Å². The first kappa shape index (κ1) is 15.8. The van der Waals surface area contributed by atoms with Gasteiger partial charge in [-0.25, -0.2) is 8.42 Å². The van der Waals surface area contributed by atoms with Crippen LogP contribution in [0.25, 0.3) is 0 Å². The first-order valence-corrected chi connectivity index (χ1v) is 7.85. The van der Waals surface area contributed by atoms with Crippen LogP contribution < -0.4 is 5.73 Å². The Morgan fingerprint density at radius 3 is 2.57 bits per heavy atom. The minimum absolute atomic E-state index is 0.176. The number of halogens is 1. The van der Waals surface area contributed by atoms with Gasteiger partial charge in [0.25, 0.3) is 0 Å². The van der Waals surface area contributed by atoms with Crippen LogP contribution in [0.3, 0.4) is 0 Å². The number of sulfonamides is 1. The van der Waals surface area contributed by atoms with Gasteiger partial charge in [0.05, 0.1) is 9.82 Å². The number of hydrogen-bond acceptors (Lipinski definition) is 5. The molecule has 0 saturated heterocycles. The Balaban J connectivity index is 2.34. The van der Waals surface area contributed by atoms with Gasteiger partial charge in [0.2, 0.25) is 15.8 Å². The van der Waals surface area contributed by atoms with Crippen molar-refractivity contribution < 1.29 is 17.7 Å². The summed E-state index contributed by atoms with van der Waals surface area (Å²) in [6.45, 7) is 0.176. The highest BCUT2D eigenvalue weighted by atomic mass is 32.2. The number of nitrogens with two attached hydrogens (primary N) is 1. The second-order valence-electron chi connectivity index (χ2n) is 5.03. The van der Waals surface area contributed by atoms with Gasteiger partial charge in [-0.1, -0.05) is 0 Å². The van der Waals surface area contributed by atoms with Gasteiger partial charge >= 0.3 is 5.69 Å². The normalized spacial score (nSPS) is 17.0. The fraction of sp³-hybridized carbons (Fsp3) is 0.500. The first-order chi connectivity index (χ1) is 9.78. The molecule has 1 aromatic rings. The van der Waals surface area contributed by atoms with E-state index in [1.807, 2.05) is 0 Å². The molecule has 0 radical (unpaired) electrons. The molecule has 1 fully saturated rings. The molecule has 0 heterocycles. The van der Waals surface area contributed by atoms with E-state index >= 15 is 0 Å². The Morgan fingerprint density at radius 1 is 1.52 bits per heavy atom. The van der Waals surface area contributed by atoms with Crippen molar-refractivity contribution in [2.24, 2.45) is 11.7 Å². The maximum absolute atomic E-state index is 13.6. The molecule has 0 amide bonds. The zero-order valence-electron chi connectivity index (χ0n) is 11.4. The van der Waals surface area contributed by atoms with Crippen LogP contribution in [0.2, 0.25) is 0 Å². The number of benzene rings is 1. The van der Waals surface area contributed by atoms with E-state index in [0.717, 1.165) is 29.3 Å². The summed E-state index contributed by atoms with van der Waals surface area (Å²) in [5.74, 6) is -0.956. The third-order valence-corrected chi connectivity index (χ3v) is 5.55. The molecule has 0 aliphatic heterocycles. The predicted octanol–water partition coefficient (Wildman–Crippen LogP) is 1.09. The molecular formula is C12H16FN3O4S. The highest BCUT2D eigenvalue weighted by Crippen LogP contribution is 2.36. The number of likely N-dealkylation sites (N-methyl/N-ethyl adjacent to an activating group) is 1. The molecule has 0 spiro atoms. The van der Waals surface area contributed by atoms with Crippen LogP contribution >= 0.6 is 0 Å². The summed E-state index contributed by atoms with van der Waals surface area (Å²) in [6.07, 6.45) is 1.83. The van der Waals surface area contributed by atoms with E-state index in [9.17, 15) is 22.9 Å². The minimum atomic E-state index is -3.93. The van der Waals surface area contributed by atoms with Crippen LogP contribution in [0.4, 0.5) is 10.1 Å². The van der Waals surface area contributed by atoms with E-state index < -0.39 is 26.5 Å². The van der Waals surface area contributed by atoms with Crippen LogP contribution in [0.15, 0.2) is 23.1 Å². The number of nitrogens with zero attached hydrogens (tertiary/aromatic N) is 2. The molecule has 1 aliphatic rings. The van der Waals surface area contributed by atoms with Crippen LogP contribution in [0, 0.1) is 21.8 Å². The molecule has 7 nitrogen and oxygen atoms in total. The van der Waals surface area contributed by atoms with E-state index in [1.165, 1.54) is 7.05 Å². The number of nitro groups is 1. The Kier molecular flexibility index (Phi) is 4.26. The lowest BCUT2D eigenvalue weighted by atomic mass is 10.2. The van der Waals surface area contributed by atoms with E-state index in [-0.39, 0.29) is 23.4 Å². The second-order valence-corrected chi connectivity index (χ2v) is 7.03. The standard InChI is InChI=1S/C12H16FN3O4S/c1-15(12(7-14)8-2-3-8)21(19,20)9-4-5-11(16(17)18)10(13)6-9/h4-6,8,12H,2-3,7,14H2,1H3. The zero-order chi connectivity index (χ0) is 15.8. The average Bonchev–Trinajstić information content (AvgIpc) is 3.23. The molecule has 2 rings (SSSR count). The summed E-state index contributed by atoms with van der Waals surface area (Å²) in [4.78, 5) is 9.34. The lowest BCUT2D eigenvalue weighted by Crippen LogP contribution is -2.43. The van der Waals surface area contributed by atoms with E-state index in [2.05, 4.69) is 0 Å². The molecule has 9 heteroatoms. The van der Waals surface area contributed by atoms with E-state index in [0.29, 0.717) is 6.07 Å². The van der Waals surface area contributed by atoms with Crippen LogP contribution in [0.1, 0.15) is 12.8 Å². The summed E-state index contributed by atoms with van der Waals surface area (Å²) in [6, 6.07) is 2.22. The number of rotatable bonds is 6. The molecule has 21 heavy (non-hydrogen) atoms. The van der Waals surface area contributed by atoms with Crippen molar-refractivity contribution in [1.29, 1.82) is 0 Å². The Hall–Kier alpha value is -1.58. The lowest BCUT2D eigenvalue weighted by Gasteiger charge is -2.26. The van der Waals surface area contributed by atoms with Crippen molar-refractivity contribution >= 4 is 15.7 Å². The number of hydrogen-bond donors (Lipinski definition) is 1. The maximum Gasteiger partial charge on any atom is 0.304 e. The van der Waals surface area contributed by atoms with Gasteiger partial charge in [0, 0.05) is 31.8 Å². The molecule has 1 aliphatic carbocycles. The summed E-state index contributed by atoms with van der Waals surface area (Å²) in [5, 5.41) is 10.6. The largest absolute Gasteiger partial charge is 0.329 e. The quantitative estimate of drug-likeness (QED) is 0.624. The van der Waals surface area contributed by atoms with Gasteiger partial charge in [-0.15, -0.1) is 0 Å². The average molecular weight is 317 g/mol. The predicted molar refractivity (Wildman–Crippen MR) is 73.6 cm³/mol. The molecule has 0 aromatic heterocycles. The van der Waals surface area contributed by atoms with Gasteiger partial charge in [-0.3, -0.25) is 10.1 Å². The summed E-state index contributed by atoms with van der Waals surface area (Å²) < 4.78 is 39.6. The van der Waals surface area contributed by atoms with Crippen molar-refractivity contribution in [1.82, 2.24) is 4.31 Å². The van der Waals surface area contributed by atoms with Gasteiger partial charge in [0.1, 0.15) is 0 Å². The molecular weight excluding hydrogens is 301 g/mol. The molecule has 116 valence electrons. The number of nitro benzene ring substituents is 1. The highest BCUT2D eigenvalue weighted by molar-refractivity contribution is 7.89. The molecule has 0 bridgehead atoms. The Bertz CT molecular complexity index is 660. The molecule has 1 unspecified atom stereocenters. The van der Waals surface area contributed by atoms with Gasteiger partial charge in [-0.2, -0.15) is 8.70 Å². The van der Waals surface area contributed by atoms with Gasteiger partial charge in [0.15, 0.2) is 0 Å².